The van der Waals surface area contributed by atoms with Gasteiger partial charge in [0.2, 0.25) is 11.0 Å². The number of nitrogens with zero attached hydrogens (tertiary/aromatic N) is 3. The van der Waals surface area contributed by atoms with Gasteiger partial charge in [-0.2, -0.15) is 0 Å². The number of hydrogen-bond donors (Lipinski definition) is 2. The topological polar surface area (TPSA) is 123 Å². The third kappa shape index (κ3) is 9.01. The van der Waals surface area contributed by atoms with E-state index >= 15 is 0 Å². The van der Waals surface area contributed by atoms with Gasteiger partial charge in [0, 0.05) is 33.1 Å². The highest BCUT2D eigenvalue weighted by Gasteiger charge is 2.21. The highest BCUT2D eigenvalue weighted by Crippen LogP contribution is 2.25. The summed E-state index contributed by atoms with van der Waals surface area (Å²) in [5.74, 6) is -1.07. The third-order valence-electron chi connectivity index (χ3n) is 4.53. The van der Waals surface area contributed by atoms with Crippen molar-refractivity contribution in [2.75, 3.05) is 43.9 Å². The first-order chi connectivity index (χ1) is 16.3. The normalized spacial score (nSPS) is 16.1. The maximum atomic E-state index is 12.2. The number of thioether (sulfide) groups is 1. The molecule has 2 heterocycles. The van der Waals surface area contributed by atoms with Crippen LogP contribution in [0.1, 0.15) is 12.5 Å². The predicted molar refractivity (Wildman–Crippen MR) is 130 cm³/mol. The lowest BCUT2D eigenvalue weighted by Gasteiger charge is -2.33. The summed E-state index contributed by atoms with van der Waals surface area (Å²) in [6.07, 6.45) is -0.119. The smallest absolute Gasteiger partial charge is 0.303 e. The van der Waals surface area contributed by atoms with E-state index in [-0.39, 0.29) is 22.9 Å². The van der Waals surface area contributed by atoms with Crippen molar-refractivity contribution in [3.05, 3.63) is 33.8 Å². The van der Waals surface area contributed by atoms with Gasteiger partial charge < -0.3 is 14.8 Å². The molecule has 1 fully saturated rings. The van der Waals surface area contributed by atoms with Gasteiger partial charge in [0.15, 0.2) is 10.9 Å². The molecule has 0 aliphatic carbocycles. The minimum Gasteiger partial charge on any atom is -0.456 e. The molecule has 2 amide bonds. The van der Waals surface area contributed by atoms with Crippen molar-refractivity contribution in [2.45, 2.75) is 23.9 Å². The van der Waals surface area contributed by atoms with E-state index in [9.17, 15) is 14.4 Å². The second-order valence-corrected chi connectivity index (χ2v) is 10.3. The molecule has 1 aromatic carbocycles. The Kier molecular flexibility index (Phi) is 10.4. The molecule has 0 radical (unpaired) electrons. The van der Waals surface area contributed by atoms with Crippen molar-refractivity contribution < 1.29 is 23.9 Å². The first-order valence-electron chi connectivity index (χ1n) is 10.2. The summed E-state index contributed by atoms with van der Waals surface area (Å²) in [6, 6.07) is 5.59. The molecule has 10 nitrogen and oxygen atoms in total. The number of aromatic nitrogens is 2. The van der Waals surface area contributed by atoms with Gasteiger partial charge in [-0.3, -0.25) is 24.6 Å². The van der Waals surface area contributed by atoms with E-state index in [4.69, 9.17) is 27.9 Å². The maximum Gasteiger partial charge on any atom is 0.303 e. The number of anilines is 1. The summed E-state index contributed by atoms with van der Waals surface area (Å²) in [5, 5.41) is 14.4. The second kappa shape index (κ2) is 13.2. The van der Waals surface area contributed by atoms with Gasteiger partial charge in [-0.05, 0) is 17.7 Å². The zero-order valence-corrected chi connectivity index (χ0v) is 21.4. The number of carbonyl (C=O) groups is 3. The Labute approximate surface area is 214 Å². The highest BCUT2D eigenvalue weighted by molar-refractivity contribution is 8.01. The molecular weight excluding hydrogens is 525 g/mol. The van der Waals surface area contributed by atoms with Crippen LogP contribution in [-0.2, 0) is 30.4 Å². The Balaban J connectivity index is 1.36. The largest absolute Gasteiger partial charge is 0.456 e. The monoisotopic (exact) mass is 547 g/mol. The lowest BCUT2D eigenvalue weighted by Crippen LogP contribution is -2.47. The average Bonchev–Trinajstić information content (AvgIpc) is 3.25. The average molecular weight is 548 g/mol. The zero-order chi connectivity index (χ0) is 24.5. The van der Waals surface area contributed by atoms with E-state index in [1.807, 2.05) is 12.1 Å². The van der Waals surface area contributed by atoms with E-state index in [0.717, 1.165) is 30.0 Å². The first kappa shape index (κ1) is 26.6. The molecule has 0 unspecified atom stereocenters. The van der Waals surface area contributed by atoms with Crippen LogP contribution in [0.25, 0.3) is 0 Å². The Morgan fingerprint density at radius 3 is 2.85 bits per heavy atom. The predicted octanol–water partition coefficient (Wildman–Crippen LogP) is 2.46. The molecule has 0 spiro atoms. The molecule has 34 heavy (non-hydrogen) atoms. The molecule has 1 aliphatic heterocycles. The molecule has 1 aliphatic rings. The van der Waals surface area contributed by atoms with Crippen LogP contribution in [0.3, 0.4) is 0 Å². The molecule has 2 N–H and O–H groups in total. The van der Waals surface area contributed by atoms with Crippen LogP contribution in [0.5, 0.6) is 0 Å². The van der Waals surface area contributed by atoms with Crippen LogP contribution in [0.4, 0.5) is 5.13 Å². The van der Waals surface area contributed by atoms with Gasteiger partial charge in [-0.25, -0.2) is 0 Å². The molecule has 1 saturated heterocycles. The Morgan fingerprint density at radius 2 is 2.09 bits per heavy atom. The van der Waals surface area contributed by atoms with Crippen LogP contribution in [-0.4, -0.2) is 77.6 Å². The van der Waals surface area contributed by atoms with Crippen LogP contribution >= 0.6 is 46.3 Å². The fourth-order valence-electron chi connectivity index (χ4n) is 2.99. The van der Waals surface area contributed by atoms with Crippen molar-refractivity contribution >= 4 is 69.2 Å². The number of esters is 1. The van der Waals surface area contributed by atoms with Gasteiger partial charge in [0.1, 0.15) is 0 Å². The van der Waals surface area contributed by atoms with Crippen LogP contribution < -0.4 is 10.6 Å². The molecule has 2 aromatic rings. The molecule has 14 heteroatoms. The minimum absolute atomic E-state index is 0.119. The molecule has 1 aromatic heterocycles. The molecule has 0 saturated carbocycles. The Bertz CT molecular complexity index is 1020. The number of morpholine rings is 1. The van der Waals surface area contributed by atoms with Crippen LogP contribution in [0, 0.1) is 0 Å². The number of rotatable bonds is 10. The third-order valence-corrected chi connectivity index (χ3v) is 7.24. The summed E-state index contributed by atoms with van der Waals surface area (Å²) in [5.41, 5.74) is 1.06. The van der Waals surface area contributed by atoms with Crippen molar-refractivity contribution in [1.29, 1.82) is 0 Å². The summed E-state index contributed by atoms with van der Waals surface area (Å²) < 4.78 is 10.9. The van der Waals surface area contributed by atoms with Crippen LogP contribution in [0.2, 0.25) is 10.0 Å². The van der Waals surface area contributed by atoms with Gasteiger partial charge in [-0.1, -0.05) is 52.4 Å². The number of amides is 2. The lowest BCUT2D eigenvalue weighted by molar-refractivity contribution is -0.144. The molecular formula is C20H23Cl2N5O5S2. The van der Waals surface area contributed by atoms with Crippen molar-refractivity contribution in [1.82, 2.24) is 20.4 Å². The minimum atomic E-state index is -0.549. The molecule has 0 bridgehead atoms. The Morgan fingerprint density at radius 1 is 1.26 bits per heavy atom. The van der Waals surface area contributed by atoms with Crippen molar-refractivity contribution in [3.8, 4) is 0 Å². The number of ether oxygens (including phenoxy) is 2. The summed E-state index contributed by atoms with van der Waals surface area (Å²) in [7, 11) is 0. The zero-order valence-electron chi connectivity index (χ0n) is 18.2. The quantitative estimate of drug-likeness (QED) is 0.262. The summed E-state index contributed by atoms with van der Waals surface area (Å²) in [4.78, 5) is 36.9. The number of hydrogen-bond acceptors (Lipinski definition) is 10. The Hall–Kier alpha value is -1.96. The number of halogens is 2. The SMILES string of the molecule is CC(=O)OCC(=O)Nc1nnc(SCC(=O)NC[C@H]2CN(Cc3ccc(Cl)c(Cl)c3)CCO2)s1. The van der Waals surface area contributed by atoms with Gasteiger partial charge in [0.05, 0.1) is 28.5 Å². The number of nitrogens with one attached hydrogen (secondary N) is 2. The highest BCUT2D eigenvalue weighted by atomic mass is 35.5. The van der Waals surface area contributed by atoms with E-state index in [1.165, 1.54) is 18.7 Å². The van der Waals surface area contributed by atoms with E-state index in [1.54, 1.807) is 6.07 Å². The molecule has 184 valence electrons. The molecule has 1 atom stereocenters. The number of carbonyl (C=O) groups excluding carboxylic acids is 3. The second-order valence-electron chi connectivity index (χ2n) is 7.27. The maximum absolute atomic E-state index is 12.2. The first-order valence-corrected chi connectivity index (χ1v) is 12.8. The van der Waals surface area contributed by atoms with Gasteiger partial charge in [-0.15, -0.1) is 10.2 Å². The molecule has 3 rings (SSSR count). The number of benzene rings is 1. The van der Waals surface area contributed by atoms with Gasteiger partial charge in [0.25, 0.3) is 5.91 Å². The van der Waals surface area contributed by atoms with Crippen molar-refractivity contribution in [2.24, 2.45) is 0 Å². The standard InChI is InChI=1S/C20H23Cl2N5O5S2/c1-12(28)32-10-17(29)24-19-25-26-20(34-19)33-11-18(30)23-7-14-9-27(4-5-31-14)8-13-2-3-15(21)16(22)6-13/h2-3,6,14H,4-5,7-11H2,1H3,(H,23,30)(H,24,25,29)/t14-/m0/s1. The van der Waals surface area contributed by atoms with E-state index < -0.39 is 18.5 Å². The fourth-order valence-corrected chi connectivity index (χ4v) is 4.91. The van der Waals surface area contributed by atoms with E-state index in [0.29, 0.717) is 34.1 Å². The summed E-state index contributed by atoms with van der Waals surface area (Å²) >= 11 is 14.4. The van der Waals surface area contributed by atoms with Crippen molar-refractivity contribution in [3.63, 3.8) is 0 Å². The summed E-state index contributed by atoms with van der Waals surface area (Å²) in [6.45, 7) is 3.98. The fraction of sp³-hybridized carbons (Fsp3) is 0.450. The van der Waals surface area contributed by atoms with Gasteiger partial charge >= 0.3 is 5.97 Å². The van der Waals surface area contributed by atoms with Crippen LogP contribution in [0.15, 0.2) is 22.5 Å². The van der Waals surface area contributed by atoms with E-state index in [2.05, 4.69) is 30.5 Å². The lowest BCUT2D eigenvalue weighted by atomic mass is 10.2.